The van der Waals surface area contributed by atoms with E-state index in [2.05, 4.69) is 5.32 Å². The van der Waals surface area contributed by atoms with Crippen LogP contribution in [-0.4, -0.2) is 41.9 Å². The zero-order chi connectivity index (χ0) is 22.3. The monoisotopic (exact) mass is 450 g/mol. The van der Waals surface area contributed by atoms with Crippen molar-refractivity contribution < 1.29 is 23.9 Å². The molecule has 0 aliphatic carbocycles. The molecule has 1 aromatic heterocycles. The molecule has 2 amide bonds. The summed E-state index contributed by atoms with van der Waals surface area (Å²) in [6.07, 6.45) is 1.23. The maximum atomic E-state index is 12.6. The maximum Gasteiger partial charge on any atom is 0.329 e. The first-order chi connectivity index (χ1) is 15.6. The quantitative estimate of drug-likeness (QED) is 0.542. The van der Waals surface area contributed by atoms with E-state index in [0.717, 1.165) is 0 Å². The molecule has 1 aliphatic heterocycles. The van der Waals surface area contributed by atoms with E-state index in [1.165, 1.54) is 16.2 Å². The predicted octanol–water partition coefficient (Wildman–Crippen LogP) is 4.33. The van der Waals surface area contributed by atoms with Crippen LogP contribution >= 0.6 is 11.3 Å². The maximum absolute atomic E-state index is 12.6. The highest BCUT2D eigenvalue weighted by molar-refractivity contribution is 7.12. The number of likely N-dealkylation sites (tertiary alicyclic amines) is 1. The summed E-state index contributed by atoms with van der Waals surface area (Å²) in [5, 5.41) is 4.53. The smallest absolute Gasteiger partial charge is 0.329 e. The van der Waals surface area contributed by atoms with E-state index in [4.69, 9.17) is 9.47 Å². The Bertz CT molecular complexity index is 1080. The number of rotatable bonds is 7. The highest BCUT2D eigenvalue weighted by Gasteiger charge is 2.36. The van der Waals surface area contributed by atoms with Crippen LogP contribution in [0.1, 0.15) is 22.5 Å². The van der Waals surface area contributed by atoms with E-state index in [1.807, 2.05) is 35.7 Å². The second kappa shape index (κ2) is 10.1. The third-order valence-corrected chi connectivity index (χ3v) is 5.85. The largest absolute Gasteiger partial charge is 0.455 e. The van der Waals surface area contributed by atoms with E-state index in [-0.39, 0.29) is 5.91 Å². The van der Waals surface area contributed by atoms with Gasteiger partial charge in [0.15, 0.2) is 12.4 Å². The lowest BCUT2D eigenvalue weighted by Crippen LogP contribution is -2.41. The topological polar surface area (TPSA) is 84.9 Å². The molecule has 2 heterocycles. The van der Waals surface area contributed by atoms with Crippen LogP contribution in [-0.2, 0) is 14.3 Å². The summed E-state index contributed by atoms with van der Waals surface area (Å²) >= 11 is 1.33. The first-order valence-electron chi connectivity index (χ1n) is 10.2. The Hall–Kier alpha value is -3.65. The first kappa shape index (κ1) is 21.6. The third kappa shape index (κ3) is 5.15. The van der Waals surface area contributed by atoms with Gasteiger partial charge in [0.1, 0.15) is 11.8 Å². The average Bonchev–Trinajstić information content (AvgIpc) is 3.52. The highest BCUT2D eigenvalue weighted by atomic mass is 32.1. The first-order valence-corrected chi connectivity index (χ1v) is 11.1. The number of carbonyl (C=O) groups is 3. The summed E-state index contributed by atoms with van der Waals surface area (Å²) in [5.41, 5.74) is 0.466. The van der Waals surface area contributed by atoms with Crippen molar-refractivity contribution in [1.82, 2.24) is 4.90 Å². The number of nitrogens with one attached hydrogen (secondary N) is 1. The van der Waals surface area contributed by atoms with Gasteiger partial charge in [0, 0.05) is 6.54 Å². The lowest BCUT2D eigenvalue weighted by molar-refractivity contribution is -0.151. The molecule has 4 rings (SSSR count). The zero-order valence-corrected chi connectivity index (χ0v) is 18.0. The van der Waals surface area contributed by atoms with Crippen LogP contribution in [0.3, 0.4) is 0 Å². The van der Waals surface area contributed by atoms with Gasteiger partial charge in [-0.3, -0.25) is 9.59 Å². The average molecular weight is 451 g/mol. The molecule has 0 radical (unpaired) electrons. The minimum Gasteiger partial charge on any atom is -0.455 e. The van der Waals surface area contributed by atoms with Crippen molar-refractivity contribution in [3.63, 3.8) is 0 Å². The van der Waals surface area contributed by atoms with Crippen LogP contribution in [0.5, 0.6) is 11.5 Å². The molecule has 0 bridgehead atoms. The molecule has 1 atom stereocenters. The van der Waals surface area contributed by atoms with E-state index < -0.39 is 24.5 Å². The molecular weight excluding hydrogens is 428 g/mol. The summed E-state index contributed by atoms with van der Waals surface area (Å²) in [5.74, 6) is -0.136. The SMILES string of the molecule is O=C(COC(=O)[C@@H]1CCCN1C(=O)c1cccs1)Nc1ccccc1Oc1ccccc1. The predicted molar refractivity (Wildman–Crippen MR) is 121 cm³/mol. The Labute approximate surface area is 189 Å². The number of benzene rings is 2. The van der Waals surface area contributed by atoms with Gasteiger partial charge < -0.3 is 19.7 Å². The molecule has 0 saturated carbocycles. The molecule has 8 heteroatoms. The number of hydrogen-bond acceptors (Lipinski definition) is 6. The van der Waals surface area contributed by atoms with Crippen LogP contribution in [0.2, 0.25) is 0 Å². The van der Waals surface area contributed by atoms with Gasteiger partial charge in [0.2, 0.25) is 0 Å². The summed E-state index contributed by atoms with van der Waals surface area (Å²) in [6, 6.07) is 19.1. The van der Waals surface area contributed by atoms with E-state index in [9.17, 15) is 14.4 Å². The minimum absolute atomic E-state index is 0.184. The number of amides is 2. The lowest BCUT2D eigenvalue weighted by atomic mass is 10.2. The molecule has 1 fully saturated rings. The van der Waals surface area contributed by atoms with Crippen LogP contribution in [0, 0.1) is 0 Å². The van der Waals surface area contributed by atoms with Gasteiger partial charge >= 0.3 is 5.97 Å². The number of carbonyl (C=O) groups excluding carboxylic acids is 3. The molecule has 0 spiro atoms. The Balaban J connectivity index is 1.33. The van der Waals surface area contributed by atoms with Crippen molar-refractivity contribution in [3.05, 3.63) is 77.0 Å². The van der Waals surface area contributed by atoms with Gasteiger partial charge in [0.05, 0.1) is 10.6 Å². The van der Waals surface area contributed by atoms with Crippen molar-refractivity contribution >= 4 is 34.8 Å². The molecule has 0 unspecified atom stereocenters. The zero-order valence-electron chi connectivity index (χ0n) is 17.2. The summed E-state index contributed by atoms with van der Waals surface area (Å²) in [4.78, 5) is 39.7. The number of para-hydroxylation sites is 3. The highest BCUT2D eigenvalue weighted by Crippen LogP contribution is 2.29. The number of nitrogens with zero attached hydrogens (tertiary/aromatic N) is 1. The van der Waals surface area contributed by atoms with Gasteiger partial charge in [-0.2, -0.15) is 0 Å². The Morgan fingerprint density at radius 1 is 1.00 bits per heavy atom. The molecule has 2 aromatic carbocycles. The Morgan fingerprint density at radius 3 is 2.56 bits per heavy atom. The van der Waals surface area contributed by atoms with Crippen molar-refractivity contribution in [2.45, 2.75) is 18.9 Å². The second-order valence-electron chi connectivity index (χ2n) is 7.20. The van der Waals surface area contributed by atoms with Crippen LogP contribution in [0.25, 0.3) is 0 Å². The fourth-order valence-electron chi connectivity index (χ4n) is 3.49. The van der Waals surface area contributed by atoms with E-state index in [1.54, 1.807) is 36.4 Å². The Morgan fingerprint density at radius 2 is 1.78 bits per heavy atom. The van der Waals surface area contributed by atoms with Crippen molar-refractivity contribution in [3.8, 4) is 11.5 Å². The third-order valence-electron chi connectivity index (χ3n) is 5.00. The van der Waals surface area contributed by atoms with Gasteiger partial charge in [-0.1, -0.05) is 36.4 Å². The van der Waals surface area contributed by atoms with Crippen molar-refractivity contribution in [1.29, 1.82) is 0 Å². The second-order valence-corrected chi connectivity index (χ2v) is 8.15. The molecule has 32 heavy (non-hydrogen) atoms. The van der Waals surface area contributed by atoms with Crippen LogP contribution in [0.4, 0.5) is 5.69 Å². The molecule has 164 valence electrons. The molecule has 1 N–H and O–H groups in total. The van der Waals surface area contributed by atoms with Crippen LogP contribution < -0.4 is 10.1 Å². The van der Waals surface area contributed by atoms with Gasteiger partial charge in [0.25, 0.3) is 11.8 Å². The Kier molecular flexibility index (Phi) is 6.81. The fraction of sp³-hybridized carbons (Fsp3) is 0.208. The number of esters is 1. The molecule has 3 aromatic rings. The summed E-state index contributed by atoms with van der Waals surface area (Å²) in [6.45, 7) is 0.0446. The van der Waals surface area contributed by atoms with Gasteiger partial charge in [-0.05, 0) is 48.6 Å². The molecular formula is C24H22N2O5S. The van der Waals surface area contributed by atoms with Crippen molar-refractivity contribution in [2.75, 3.05) is 18.5 Å². The van der Waals surface area contributed by atoms with Crippen LogP contribution in [0.15, 0.2) is 72.1 Å². The number of thiophene rings is 1. The molecule has 1 aliphatic rings. The van der Waals surface area contributed by atoms with E-state index >= 15 is 0 Å². The van der Waals surface area contributed by atoms with E-state index in [0.29, 0.717) is 41.4 Å². The fourth-order valence-corrected chi connectivity index (χ4v) is 4.17. The molecule has 1 saturated heterocycles. The van der Waals surface area contributed by atoms with Gasteiger partial charge in [-0.25, -0.2) is 4.79 Å². The normalized spacial score (nSPS) is 15.2. The lowest BCUT2D eigenvalue weighted by Gasteiger charge is -2.22. The summed E-state index contributed by atoms with van der Waals surface area (Å²) < 4.78 is 11.1. The summed E-state index contributed by atoms with van der Waals surface area (Å²) in [7, 11) is 0. The number of ether oxygens (including phenoxy) is 2. The van der Waals surface area contributed by atoms with Crippen molar-refractivity contribution in [2.24, 2.45) is 0 Å². The van der Waals surface area contributed by atoms with Gasteiger partial charge in [-0.15, -0.1) is 11.3 Å². The number of anilines is 1. The standard InChI is InChI=1S/C24H22N2O5S/c27-22(25-18-10-4-5-12-20(18)31-17-8-2-1-3-9-17)16-30-24(29)19-11-6-14-26(19)23(28)21-13-7-15-32-21/h1-5,7-10,12-13,15,19H,6,11,14,16H2,(H,25,27)/t19-/m0/s1. The molecule has 7 nitrogen and oxygen atoms in total. The minimum atomic E-state index is -0.675. The number of hydrogen-bond donors (Lipinski definition) is 1.